The van der Waals surface area contributed by atoms with E-state index in [0.29, 0.717) is 22.3 Å². The average Bonchev–Trinajstić information content (AvgIpc) is 3.29. The van der Waals surface area contributed by atoms with E-state index in [0.717, 1.165) is 12.0 Å². The van der Waals surface area contributed by atoms with Crippen LogP contribution in [0, 0.1) is 12.7 Å². The first kappa shape index (κ1) is 18.3. The van der Waals surface area contributed by atoms with Crippen LogP contribution in [-0.4, -0.2) is 11.1 Å². The molecule has 0 spiro atoms. The molecule has 1 atom stereocenters. The van der Waals surface area contributed by atoms with Crippen LogP contribution in [0.5, 0.6) is 0 Å². The van der Waals surface area contributed by atoms with Crippen LogP contribution >= 0.6 is 0 Å². The highest BCUT2D eigenvalue weighted by Crippen LogP contribution is 2.41. The lowest BCUT2D eigenvalue weighted by atomic mass is 9.98. The third-order valence-corrected chi connectivity index (χ3v) is 5.37. The van der Waals surface area contributed by atoms with Crippen LogP contribution in [-0.2, 0) is 6.42 Å². The van der Waals surface area contributed by atoms with Crippen LogP contribution in [0.15, 0.2) is 62.3 Å². The first-order valence-electron chi connectivity index (χ1n) is 9.60. The molecule has 7 heteroatoms. The van der Waals surface area contributed by atoms with E-state index in [9.17, 15) is 14.0 Å². The van der Waals surface area contributed by atoms with E-state index < -0.39 is 17.8 Å². The van der Waals surface area contributed by atoms with E-state index in [2.05, 4.69) is 5.16 Å². The lowest BCUT2D eigenvalue weighted by Crippen LogP contribution is -2.29. The fourth-order valence-corrected chi connectivity index (χ4v) is 3.94. The van der Waals surface area contributed by atoms with Gasteiger partial charge in [-0.25, -0.2) is 4.39 Å². The molecule has 0 radical (unpaired) electrons. The van der Waals surface area contributed by atoms with E-state index in [1.807, 2.05) is 13.0 Å². The molecule has 1 amide bonds. The Morgan fingerprint density at radius 1 is 1.13 bits per heavy atom. The normalized spacial score (nSPS) is 15.8. The van der Waals surface area contributed by atoms with Gasteiger partial charge < -0.3 is 8.94 Å². The summed E-state index contributed by atoms with van der Waals surface area (Å²) in [7, 11) is 0. The van der Waals surface area contributed by atoms with Crippen molar-refractivity contribution in [1.29, 1.82) is 0 Å². The van der Waals surface area contributed by atoms with Crippen molar-refractivity contribution in [3.05, 3.63) is 92.8 Å². The molecular formula is C23H17FN2O4. The second kappa shape index (κ2) is 6.66. The van der Waals surface area contributed by atoms with Gasteiger partial charge in [-0.15, -0.1) is 0 Å². The van der Waals surface area contributed by atoms with Gasteiger partial charge in [0.2, 0.25) is 5.76 Å². The summed E-state index contributed by atoms with van der Waals surface area (Å²) >= 11 is 0. The Hall–Kier alpha value is -3.74. The Morgan fingerprint density at radius 2 is 1.97 bits per heavy atom. The molecule has 2 aromatic carbocycles. The van der Waals surface area contributed by atoms with E-state index >= 15 is 0 Å². The molecule has 2 aromatic heterocycles. The average molecular weight is 404 g/mol. The highest BCUT2D eigenvalue weighted by Gasteiger charge is 2.45. The molecule has 0 fully saturated rings. The highest BCUT2D eigenvalue weighted by molar-refractivity contribution is 6.10. The molecule has 3 heterocycles. The van der Waals surface area contributed by atoms with Crippen molar-refractivity contribution in [3.8, 4) is 0 Å². The summed E-state index contributed by atoms with van der Waals surface area (Å²) in [6.45, 7) is 3.69. The van der Waals surface area contributed by atoms with Gasteiger partial charge in [-0.05, 0) is 48.7 Å². The van der Waals surface area contributed by atoms with E-state index in [1.165, 1.54) is 23.1 Å². The minimum Gasteiger partial charge on any atom is -0.450 e. The number of carbonyl (C=O) groups is 1. The summed E-state index contributed by atoms with van der Waals surface area (Å²) < 4.78 is 25.1. The Morgan fingerprint density at radius 3 is 2.67 bits per heavy atom. The standard InChI is InChI=1S/C23H17FN2O4/c1-3-13-7-8-17-16(10-13)21(27)19-20(14-5-4-6-15(24)11-14)26(23(28)22(19)29-17)18-9-12(2)30-25-18/h4-11,20H,3H2,1-2H3/t20-/m0/s1. The molecule has 0 unspecified atom stereocenters. The van der Waals surface area contributed by atoms with E-state index in [4.69, 9.17) is 8.94 Å². The third-order valence-electron chi connectivity index (χ3n) is 5.37. The summed E-state index contributed by atoms with van der Waals surface area (Å²) in [5.74, 6) is -0.319. The van der Waals surface area contributed by atoms with Crippen molar-refractivity contribution < 1.29 is 18.1 Å². The number of amides is 1. The van der Waals surface area contributed by atoms with Gasteiger partial charge in [0.1, 0.15) is 17.2 Å². The first-order chi connectivity index (χ1) is 14.5. The second-order valence-corrected chi connectivity index (χ2v) is 7.29. The van der Waals surface area contributed by atoms with Crippen molar-refractivity contribution >= 4 is 22.7 Å². The zero-order valence-corrected chi connectivity index (χ0v) is 16.3. The summed E-state index contributed by atoms with van der Waals surface area (Å²) in [5, 5.41) is 4.34. The number of carbonyl (C=O) groups excluding carboxylic acids is 1. The molecule has 1 aliphatic heterocycles. The summed E-state index contributed by atoms with van der Waals surface area (Å²) in [4.78, 5) is 28.1. The molecule has 30 heavy (non-hydrogen) atoms. The number of rotatable bonds is 3. The third kappa shape index (κ3) is 2.66. The fourth-order valence-electron chi connectivity index (χ4n) is 3.94. The zero-order chi connectivity index (χ0) is 21.0. The molecule has 1 aliphatic rings. The minimum atomic E-state index is -0.876. The largest absolute Gasteiger partial charge is 0.450 e. The highest BCUT2D eigenvalue weighted by atomic mass is 19.1. The van der Waals surface area contributed by atoms with Gasteiger partial charge in [0.15, 0.2) is 11.2 Å². The van der Waals surface area contributed by atoms with Crippen molar-refractivity contribution in [2.24, 2.45) is 0 Å². The van der Waals surface area contributed by atoms with Crippen molar-refractivity contribution in [1.82, 2.24) is 5.16 Å². The molecule has 0 N–H and O–H groups in total. The van der Waals surface area contributed by atoms with Crippen LogP contribution in [0.4, 0.5) is 10.2 Å². The first-order valence-corrected chi connectivity index (χ1v) is 9.60. The van der Waals surface area contributed by atoms with Crippen LogP contribution in [0.1, 0.15) is 46.0 Å². The second-order valence-electron chi connectivity index (χ2n) is 7.29. The van der Waals surface area contributed by atoms with Crippen LogP contribution in [0.25, 0.3) is 11.0 Å². The molecule has 0 saturated carbocycles. The lowest BCUT2D eigenvalue weighted by molar-refractivity contribution is 0.0969. The number of fused-ring (bicyclic) bond motifs is 2. The molecular weight excluding hydrogens is 387 g/mol. The summed E-state index contributed by atoms with van der Waals surface area (Å²) in [6.07, 6.45) is 0.753. The molecule has 0 saturated heterocycles. The Kier molecular flexibility index (Phi) is 4.06. The quantitative estimate of drug-likeness (QED) is 0.501. The van der Waals surface area contributed by atoms with Gasteiger partial charge in [-0.3, -0.25) is 14.5 Å². The number of halogens is 1. The maximum Gasteiger partial charge on any atom is 0.296 e. The predicted octanol–water partition coefficient (Wildman–Crippen LogP) is 4.54. The SMILES string of the molecule is CCc1ccc2oc3c(c(=O)c2c1)[C@H](c1cccc(F)c1)N(c1cc(C)on1)C3=O. The van der Waals surface area contributed by atoms with Gasteiger partial charge in [-0.2, -0.15) is 0 Å². The van der Waals surface area contributed by atoms with Gasteiger partial charge in [0, 0.05) is 6.07 Å². The van der Waals surface area contributed by atoms with Crippen LogP contribution in [0.2, 0.25) is 0 Å². The number of benzene rings is 2. The number of aryl methyl sites for hydroxylation is 2. The number of hydrogen-bond acceptors (Lipinski definition) is 5. The van der Waals surface area contributed by atoms with Gasteiger partial charge in [-0.1, -0.05) is 30.3 Å². The predicted molar refractivity (Wildman–Crippen MR) is 108 cm³/mol. The number of nitrogens with zero attached hydrogens (tertiary/aromatic N) is 2. The Labute approximate surface area is 170 Å². The van der Waals surface area contributed by atoms with Gasteiger partial charge in [0.25, 0.3) is 5.91 Å². The molecule has 150 valence electrons. The maximum absolute atomic E-state index is 14.0. The molecule has 0 aliphatic carbocycles. The van der Waals surface area contributed by atoms with Crippen molar-refractivity contribution in [3.63, 3.8) is 0 Å². The number of anilines is 1. The van der Waals surface area contributed by atoms with Crippen molar-refractivity contribution in [2.75, 3.05) is 4.90 Å². The summed E-state index contributed by atoms with van der Waals surface area (Å²) in [6, 6.07) is 11.9. The molecule has 6 nitrogen and oxygen atoms in total. The van der Waals surface area contributed by atoms with Crippen LogP contribution in [0.3, 0.4) is 0 Å². The van der Waals surface area contributed by atoms with Gasteiger partial charge in [0.05, 0.1) is 17.0 Å². The van der Waals surface area contributed by atoms with Gasteiger partial charge >= 0.3 is 0 Å². The number of aromatic nitrogens is 1. The van der Waals surface area contributed by atoms with Crippen molar-refractivity contribution in [2.45, 2.75) is 26.3 Å². The van der Waals surface area contributed by atoms with Crippen LogP contribution < -0.4 is 10.3 Å². The Balaban J connectivity index is 1.82. The smallest absolute Gasteiger partial charge is 0.296 e. The molecule has 5 rings (SSSR count). The fraction of sp³-hybridized carbons (Fsp3) is 0.174. The molecule has 4 aromatic rings. The monoisotopic (exact) mass is 404 g/mol. The summed E-state index contributed by atoms with van der Waals surface area (Å²) in [5.41, 5.74) is 1.62. The lowest BCUT2D eigenvalue weighted by Gasteiger charge is -2.22. The molecule has 0 bridgehead atoms. The van der Waals surface area contributed by atoms with E-state index in [1.54, 1.807) is 31.2 Å². The maximum atomic E-state index is 14.0. The topological polar surface area (TPSA) is 76.6 Å². The zero-order valence-electron chi connectivity index (χ0n) is 16.3. The van der Waals surface area contributed by atoms with E-state index in [-0.39, 0.29) is 22.6 Å². The number of hydrogen-bond donors (Lipinski definition) is 0. The minimum absolute atomic E-state index is 0.0633. The Bertz CT molecular complexity index is 1370.